The number of aryl methyl sites for hydroxylation is 1. The molecule has 0 aromatic carbocycles. The number of aromatic nitrogens is 2. The Morgan fingerprint density at radius 1 is 1.43 bits per heavy atom. The fourth-order valence-corrected chi connectivity index (χ4v) is 4.38. The number of thiophene rings is 1. The summed E-state index contributed by atoms with van der Waals surface area (Å²) in [5.74, 6) is -0.156. The molecular weight excluding hydrogens is 372 g/mol. The fourth-order valence-electron chi connectivity index (χ4n) is 2.09. The maximum absolute atomic E-state index is 11.2. The Hall–Kier alpha value is -1.18. The summed E-state index contributed by atoms with van der Waals surface area (Å²) in [4.78, 5) is 17.9. The van der Waals surface area contributed by atoms with Crippen LogP contribution in [0.5, 0.6) is 0 Å². The van der Waals surface area contributed by atoms with Gasteiger partial charge in [-0.3, -0.25) is 9.20 Å². The molecule has 0 fully saturated rings. The second kappa shape index (κ2) is 6.29. The van der Waals surface area contributed by atoms with Crippen molar-refractivity contribution in [2.24, 2.45) is 0 Å². The molecule has 0 saturated heterocycles. The van der Waals surface area contributed by atoms with Crippen LogP contribution in [0.1, 0.15) is 18.5 Å². The van der Waals surface area contributed by atoms with Crippen LogP contribution in [0.15, 0.2) is 27.5 Å². The number of carbonyl (C=O) groups excluding carboxylic acids is 1. The lowest BCUT2D eigenvalue weighted by atomic mass is 10.2. The van der Waals surface area contributed by atoms with E-state index in [1.165, 1.54) is 12.8 Å². The number of ether oxygens (including phenoxy) is 1. The van der Waals surface area contributed by atoms with Gasteiger partial charge in [0, 0.05) is 33.5 Å². The highest BCUT2D eigenvalue weighted by Crippen LogP contribution is 2.31. The number of nitrogens with zero attached hydrogens (tertiary/aromatic N) is 2. The van der Waals surface area contributed by atoms with E-state index in [1.54, 1.807) is 22.7 Å². The Kier molecular flexibility index (Phi) is 4.42. The Morgan fingerprint density at radius 3 is 3.00 bits per heavy atom. The molecule has 0 amide bonds. The van der Waals surface area contributed by atoms with E-state index in [2.05, 4.69) is 53.1 Å². The van der Waals surface area contributed by atoms with E-state index < -0.39 is 0 Å². The van der Waals surface area contributed by atoms with Gasteiger partial charge >= 0.3 is 5.97 Å². The number of halogens is 1. The van der Waals surface area contributed by atoms with Gasteiger partial charge in [-0.05, 0) is 34.8 Å². The van der Waals surface area contributed by atoms with Gasteiger partial charge in [-0.1, -0.05) is 0 Å². The molecule has 0 spiro atoms. The first-order chi connectivity index (χ1) is 10.2. The maximum atomic E-state index is 11.2. The molecule has 0 N–H and O–H groups in total. The Morgan fingerprint density at radius 2 is 2.29 bits per heavy atom. The summed E-state index contributed by atoms with van der Waals surface area (Å²) in [6.45, 7) is 0. The van der Waals surface area contributed by atoms with Crippen LogP contribution in [0.3, 0.4) is 0 Å². The summed E-state index contributed by atoms with van der Waals surface area (Å²) in [6.07, 6.45) is 4.15. The average molecular weight is 385 g/mol. The normalized spacial score (nSPS) is 11.1. The monoisotopic (exact) mass is 384 g/mol. The molecule has 110 valence electrons. The van der Waals surface area contributed by atoms with E-state index in [4.69, 9.17) is 0 Å². The molecule has 0 atom stereocenters. The molecule has 0 unspecified atom stereocenters. The van der Waals surface area contributed by atoms with Gasteiger partial charge in [-0.25, -0.2) is 4.98 Å². The lowest BCUT2D eigenvalue weighted by Gasteiger charge is -1.99. The van der Waals surface area contributed by atoms with E-state index in [1.807, 2.05) is 0 Å². The van der Waals surface area contributed by atoms with Gasteiger partial charge in [0.15, 0.2) is 4.96 Å². The third kappa shape index (κ3) is 3.20. The van der Waals surface area contributed by atoms with E-state index in [-0.39, 0.29) is 5.97 Å². The molecule has 0 bridgehead atoms. The van der Waals surface area contributed by atoms with Crippen LogP contribution in [0, 0.1) is 0 Å². The van der Waals surface area contributed by atoms with Crippen LogP contribution in [0.4, 0.5) is 0 Å². The third-order valence-corrected chi connectivity index (χ3v) is 5.75. The number of carbonyl (C=O) groups is 1. The highest BCUT2D eigenvalue weighted by molar-refractivity contribution is 9.10. The highest BCUT2D eigenvalue weighted by atomic mass is 79.9. The fraction of sp³-hybridized carbons (Fsp3) is 0.286. The molecule has 0 aliphatic rings. The van der Waals surface area contributed by atoms with Crippen LogP contribution in [0.25, 0.3) is 15.5 Å². The molecular formula is C14H13BrN2O2S2. The number of esters is 1. The lowest BCUT2D eigenvalue weighted by Crippen LogP contribution is -2.01. The highest BCUT2D eigenvalue weighted by Gasteiger charge is 2.11. The molecule has 0 aliphatic heterocycles. The van der Waals surface area contributed by atoms with Crippen molar-refractivity contribution in [1.29, 1.82) is 0 Å². The molecule has 0 aliphatic carbocycles. The number of imidazole rings is 1. The van der Waals surface area contributed by atoms with E-state index in [0.29, 0.717) is 6.42 Å². The van der Waals surface area contributed by atoms with Crippen molar-refractivity contribution in [2.75, 3.05) is 7.11 Å². The zero-order valence-corrected chi connectivity index (χ0v) is 14.6. The van der Waals surface area contributed by atoms with Crippen LogP contribution in [-0.2, 0) is 16.0 Å². The molecule has 4 nitrogen and oxygen atoms in total. The number of hydrogen-bond donors (Lipinski definition) is 0. The first kappa shape index (κ1) is 14.7. The van der Waals surface area contributed by atoms with E-state index >= 15 is 0 Å². The van der Waals surface area contributed by atoms with Gasteiger partial charge in [-0.2, -0.15) is 0 Å². The number of rotatable bonds is 5. The number of methoxy groups -OCH3 is 1. The predicted octanol–water partition coefficient (Wildman–Crippen LogP) is 4.38. The minimum atomic E-state index is -0.156. The summed E-state index contributed by atoms with van der Waals surface area (Å²) >= 11 is 6.77. The van der Waals surface area contributed by atoms with Gasteiger partial charge < -0.3 is 4.74 Å². The van der Waals surface area contributed by atoms with Gasteiger partial charge in [0.05, 0.1) is 12.0 Å². The molecule has 3 rings (SSSR count). The zero-order valence-electron chi connectivity index (χ0n) is 11.3. The molecule has 3 aromatic rings. The SMILES string of the molecule is COC(=O)CCCc1csc2nc(-c3cc(Br)cs3)cn12. The smallest absolute Gasteiger partial charge is 0.305 e. The zero-order chi connectivity index (χ0) is 14.8. The summed E-state index contributed by atoms with van der Waals surface area (Å²) in [5, 5.41) is 4.16. The molecule has 0 saturated carbocycles. The minimum Gasteiger partial charge on any atom is -0.469 e. The van der Waals surface area contributed by atoms with Crippen LogP contribution >= 0.6 is 38.6 Å². The first-order valence-corrected chi connectivity index (χ1v) is 8.99. The van der Waals surface area contributed by atoms with Crippen molar-refractivity contribution in [3.05, 3.63) is 33.2 Å². The van der Waals surface area contributed by atoms with Crippen molar-refractivity contribution in [3.63, 3.8) is 0 Å². The van der Waals surface area contributed by atoms with Gasteiger partial charge in [0.25, 0.3) is 0 Å². The maximum Gasteiger partial charge on any atom is 0.305 e. The quantitative estimate of drug-likeness (QED) is 0.612. The summed E-state index contributed by atoms with van der Waals surface area (Å²) < 4.78 is 7.86. The lowest BCUT2D eigenvalue weighted by molar-refractivity contribution is -0.140. The topological polar surface area (TPSA) is 43.6 Å². The first-order valence-electron chi connectivity index (χ1n) is 6.44. The second-order valence-electron chi connectivity index (χ2n) is 4.56. The standard InChI is InChI=1S/C14H13BrN2O2S2/c1-19-13(18)4-2-3-10-8-21-14-16-11(6-17(10)14)12-5-9(15)7-20-12/h5-8H,2-4H2,1H3. The summed E-state index contributed by atoms with van der Waals surface area (Å²) in [6, 6.07) is 2.08. The molecule has 7 heteroatoms. The van der Waals surface area contributed by atoms with Crippen molar-refractivity contribution >= 4 is 49.5 Å². The van der Waals surface area contributed by atoms with Gasteiger partial charge in [-0.15, -0.1) is 22.7 Å². The summed E-state index contributed by atoms with van der Waals surface area (Å²) in [5.41, 5.74) is 2.18. The largest absolute Gasteiger partial charge is 0.469 e. The van der Waals surface area contributed by atoms with Crippen LogP contribution in [-0.4, -0.2) is 22.5 Å². The second-order valence-corrected chi connectivity index (χ2v) is 7.23. The van der Waals surface area contributed by atoms with Crippen molar-refractivity contribution in [2.45, 2.75) is 19.3 Å². The van der Waals surface area contributed by atoms with Crippen molar-refractivity contribution < 1.29 is 9.53 Å². The van der Waals surface area contributed by atoms with Crippen molar-refractivity contribution in [1.82, 2.24) is 9.38 Å². The third-order valence-electron chi connectivity index (χ3n) is 3.14. The summed E-state index contributed by atoms with van der Waals surface area (Å²) in [7, 11) is 1.42. The van der Waals surface area contributed by atoms with Crippen LogP contribution < -0.4 is 0 Å². The van der Waals surface area contributed by atoms with Gasteiger partial charge in [0.2, 0.25) is 0 Å². The molecule has 3 heterocycles. The minimum absolute atomic E-state index is 0.156. The van der Waals surface area contributed by atoms with Gasteiger partial charge in [0.1, 0.15) is 5.69 Å². The number of hydrogen-bond acceptors (Lipinski definition) is 5. The average Bonchev–Trinajstić information content (AvgIpc) is 3.14. The molecule has 21 heavy (non-hydrogen) atoms. The molecule has 0 radical (unpaired) electrons. The Balaban J connectivity index is 1.78. The predicted molar refractivity (Wildman–Crippen MR) is 89.0 cm³/mol. The number of fused-ring (bicyclic) bond motifs is 1. The van der Waals surface area contributed by atoms with E-state index in [9.17, 15) is 4.79 Å². The Labute approximate surface area is 138 Å². The number of thiazole rings is 1. The van der Waals surface area contributed by atoms with Crippen molar-refractivity contribution in [3.8, 4) is 10.6 Å². The Bertz CT molecular complexity index is 775. The molecule has 3 aromatic heterocycles. The van der Waals surface area contributed by atoms with Crippen LogP contribution in [0.2, 0.25) is 0 Å². The van der Waals surface area contributed by atoms with E-state index in [0.717, 1.165) is 32.8 Å².